The molecule has 0 bridgehead atoms. The third kappa shape index (κ3) is 4.03. The molecule has 0 spiro atoms. The standard InChI is InChI=1S/C18H23NO3/c1-4-22-19-14-11-18(2,3)12-16(21)17(14)15(20)10-13-8-6-5-7-9-13/h5-9,17H,4,10-12H2,1-3H3. The lowest BCUT2D eigenvalue weighted by atomic mass is 9.69. The van der Waals surface area contributed by atoms with E-state index >= 15 is 0 Å². The lowest BCUT2D eigenvalue weighted by Crippen LogP contribution is -2.42. The molecule has 1 saturated carbocycles. The summed E-state index contributed by atoms with van der Waals surface area (Å²) in [5, 5.41) is 4.07. The highest BCUT2D eigenvalue weighted by Crippen LogP contribution is 2.35. The molecule has 1 aromatic carbocycles. The predicted molar refractivity (Wildman–Crippen MR) is 85.7 cm³/mol. The van der Waals surface area contributed by atoms with Crippen LogP contribution < -0.4 is 0 Å². The largest absolute Gasteiger partial charge is 0.396 e. The average Bonchev–Trinajstić information content (AvgIpc) is 2.44. The van der Waals surface area contributed by atoms with E-state index in [-0.39, 0.29) is 23.4 Å². The molecule has 0 radical (unpaired) electrons. The second kappa shape index (κ2) is 6.86. The van der Waals surface area contributed by atoms with Gasteiger partial charge in [0.15, 0.2) is 5.78 Å². The number of rotatable bonds is 5. The highest BCUT2D eigenvalue weighted by molar-refractivity contribution is 6.22. The van der Waals surface area contributed by atoms with Crippen LogP contribution in [0.4, 0.5) is 0 Å². The van der Waals surface area contributed by atoms with Gasteiger partial charge in [-0.25, -0.2) is 0 Å². The number of carbonyl (C=O) groups is 2. The summed E-state index contributed by atoms with van der Waals surface area (Å²) < 4.78 is 0. The highest BCUT2D eigenvalue weighted by atomic mass is 16.6. The van der Waals surface area contributed by atoms with Crippen LogP contribution in [0.3, 0.4) is 0 Å². The lowest BCUT2D eigenvalue weighted by molar-refractivity contribution is -0.131. The van der Waals surface area contributed by atoms with Crippen LogP contribution in [0.15, 0.2) is 35.5 Å². The molecule has 2 rings (SSSR count). The van der Waals surface area contributed by atoms with Gasteiger partial charge in [0.25, 0.3) is 0 Å². The molecule has 0 amide bonds. The van der Waals surface area contributed by atoms with Crippen LogP contribution in [-0.2, 0) is 20.8 Å². The van der Waals surface area contributed by atoms with Crippen molar-refractivity contribution in [1.82, 2.24) is 0 Å². The second-order valence-electron chi connectivity index (χ2n) is 6.55. The topological polar surface area (TPSA) is 55.7 Å². The van der Waals surface area contributed by atoms with Gasteiger partial charge in [-0.2, -0.15) is 0 Å². The fourth-order valence-corrected chi connectivity index (χ4v) is 2.91. The van der Waals surface area contributed by atoms with E-state index in [0.717, 1.165) is 5.56 Å². The summed E-state index contributed by atoms with van der Waals surface area (Å²) >= 11 is 0. The molecule has 1 fully saturated rings. The van der Waals surface area contributed by atoms with E-state index in [2.05, 4.69) is 5.16 Å². The Hall–Kier alpha value is -1.97. The summed E-state index contributed by atoms with van der Waals surface area (Å²) in [6.07, 6.45) is 1.27. The van der Waals surface area contributed by atoms with E-state index in [9.17, 15) is 9.59 Å². The minimum Gasteiger partial charge on any atom is -0.396 e. The van der Waals surface area contributed by atoms with Gasteiger partial charge in [-0.1, -0.05) is 49.3 Å². The summed E-state index contributed by atoms with van der Waals surface area (Å²) in [7, 11) is 0. The lowest BCUT2D eigenvalue weighted by Gasteiger charge is -2.33. The number of Topliss-reactive ketones (excluding diaryl/α,β-unsaturated/α-hetero) is 2. The maximum absolute atomic E-state index is 12.6. The molecule has 0 saturated heterocycles. The van der Waals surface area contributed by atoms with Crippen molar-refractivity contribution in [1.29, 1.82) is 0 Å². The molecule has 1 aliphatic rings. The first-order chi connectivity index (χ1) is 10.4. The van der Waals surface area contributed by atoms with E-state index < -0.39 is 5.92 Å². The van der Waals surface area contributed by atoms with E-state index in [0.29, 0.717) is 25.2 Å². The van der Waals surface area contributed by atoms with Crippen LogP contribution in [-0.4, -0.2) is 23.9 Å². The Morgan fingerprint density at radius 1 is 1.27 bits per heavy atom. The predicted octanol–water partition coefficient (Wildman–Crippen LogP) is 3.20. The summed E-state index contributed by atoms with van der Waals surface area (Å²) in [6, 6.07) is 9.49. The molecule has 1 atom stereocenters. The van der Waals surface area contributed by atoms with Gasteiger partial charge in [0.1, 0.15) is 18.3 Å². The molecule has 1 unspecified atom stereocenters. The smallest absolute Gasteiger partial charge is 0.153 e. The maximum Gasteiger partial charge on any atom is 0.153 e. The molecule has 1 aliphatic carbocycles. The monoisotopic (exact) mass is 301 g/mol. The molecule has 0 aromatic heterocycles. The van der Waals surface area contributed by atoms with Crippen molar-refractivity contribution in [3.05, 3.63) is 35.9 Å². The summed E-state index contributed by atoms with van der Waals surface area (Å²) in [4.78, 5) is 30.2. The van der Waals surface area contributed by atoms with Gasteiger partial charge in [0.2, 0.25) is 0 Å². The third-order valence-electron chi connectivity index (χ3n) is 3.82. The first kappa shape index (κ1) is 16.4. The molecule has 22 heavy (non-hydrogen) atoms. The Balaban J connectivity index is 2.21. The van der Waals surface area contributed by atoms with Crippen LogP contribution in [0, 0.1) is 11.3 Å². The number of nitrogens with zero attached hydrogens (tertiary/aromatic N) is 1. The molecular formula is C18H23NO3. The Bertz CT molecular complexity index is 575. The van der Waals surface area contributed by atoms with E-state index in [1.54, 1.807) is 0 Å². The molecule has 0 N–H and O–H groups in total. The number of hydrogen-bond donors (Lipinski definition) is 0. The fraction of sp³-hybridized carbons (Fsp3) is 0.500. The summed E-state index contributed by atoms with van der Waals surface area (Å²) in [5.74, 6) is -0.888. The summed E-state index contributed by atoms with van der Waals surface area (Å²) in [5.41, 5.74) is 1.32. The highest BCUT2D eigenvalue weighted by Gasteiger charge is 2.42. The first-order valence-electron chi connectivity index (χ1n) is 7.71. The Kier molecular flexibility index (Phi) is 5.11. The van der Waals surface area contributed by atoms with E-state index in [4.69, 9.17) is 4.84 Å². The molecule has 118 valence electrons. The average molecular weight is 301 g/mol. The number of benzene rings is 1. The van der Waals surface area contributed by atoms with Crippen molar-refractivity contribution >= 4 is 17.3 Å². The number of carbonyl (C=O) groups excluding carboxylic acids is 2. The van der Waals surface area contributed by atoms with Crippen LogP contribution in [0.2, 0.25) is 0 Å². The van der Waals surface area contributed by atoms with Crippen LogP contribution in [0.25, 0.3) is 0 Å². The Morgan fingerprint density at radius 2 is 1.95 bits per heavy atom. The quantitative estimate of drug-likeness (QED) is 0.620. The van der Waals surface area contributed by atoms with Crippen LogP contribution in [0.5, 0.6) is 0 Å². The van der Waals surface area contributed by atoms with Crippen molar-refractivity contribution < 1.29 is 14.4 Å². The zero-order valence-electron chi connectivity index (χ0n) is 13.5. The molecule has 1 aromatic rings. The van der Waals surface area contributed by atoms with Crippen LogP contribution in [0.1, 0.15) is 39.2 Å². The summed E-state index contributed by atoms with van der Waals surface area (Å²) in [6.45, 7) is 6.30. The fourth-order valence-electron chi connectivity index (χ4n) is 2.91. The van der Waals surface area contributed by atoms with Crippen molar-refractivity contribution in [2.45, 2.75) is 40.0 Å². The second-order valence-corrected chi connectivity index (χ2v) is 6.55. The van der Waals surface area contributed by atoms with Gasteiger partial charge < -0.3 is 4.84 Å². The molecular weight excluding hydrogens is 278 g/mol. The van der Waals surface area contributed by atoms with Gasteiger partial charge in [0.05, 0.1) is 5.71 Å². The van der Waals surface area contributed by atoms with Crippen molar-refractivity contribution in [3.63, 3.8) is 0 Å². The zero-order valence-corrected chi connectivity index (χ0v) is 13.5. The first-order valence-corrected chi connectivity index (χ1v) is 7.71. The molecule has 4 heteroatoms. The van der Waals surface area contributed by atoms with Gasteiger partial charge in [-0.15, -0.1) is 0 Å². The Morgan fingerprint density at radius 3 is 2.59 bits per heavy atom. The minimum absolute atomic E-state index is 0.0457. The van der Waals surface area contributed by atoms with Crippen molar-refractivity contribution in [2.24, 2.45) is 16.5 Å². The minimum atomic E-state index is -0.750. The number of hydrogen-bond acceptors (Lipinski definition) is 4. The third-order valence-corrected chi connectivity index (χ3v) is 3.82. The maximum atomic E-state index is 12.6. The van der Waals surface area contributed by atoms with Gasteiger partial charge in [-0.05, 0) is 24.3 Å². The molecule has 0 heterocycles. The van der Waals surface area contributed by atoms with Gasteiger partial charge in [-0.3, -0.25) is 9.59 Å². The molecule has 4 nitrogen and oxygen atoms in total. The van der Waals surface area contributed by atoms with E-state index in [1.165, 1.54) is 0 Å². The number of ketones is 2. The van der Waals surface area contributed by atoms with Gasteiger partial charge >= 0.3 is 0 Å². The SMILES string of the molecule is CCON=C1CC(C)(C)CC(=O)C1C(=O)Cc1ccccc1. The zero-order chi connectivity index (χ0) is 16.2. The Labute approximate surface area is 131 Å². The van der Waals surface area contributed by atoms with E-state index in [1.807, 2.05) is 51.1 Å². The normalized spacial score (nSPS) is 22.6. The van der Waals surface area contributed by atoms with Crippen LogP contribution >= 0.6 is 0 Å². The van der Waals surface area contributed by atoms with Gasteiger partial charge in [0, 0.05) is 12.8 Å². The van der Waals surface area contributed by atoms with Crippen molar-refractivity contribution in [3.8, 4) is 0 Å². The van der Waals surface area contributed by atoms with Crippen molar-refractivity contribution in [2.75, 3.05) is 6.61 Å². The molecule has 0 aliphatic heterocycles. The number of oxime groups is 1.